The molecule has 3 fully saturated rings. The van der Waals surface area contributed by atoms with Gasteiger partial charge >= 0.3 is 0 Å². The Morgan fingerprint density at radius 3 is 2.12 bits per heavy atom. The summed E-state index contributed by atoms with van der Waals surface area (Å²) >= 11 is 0. The molecular formula is C13H23NO2. The zero-order chi connectivity index (χ0) is 11.3. The summed E-state index contributed by atoms with van der Waals surface area (Å²) in [5, 5.41) is 3.71. The van der Waals surface area contributed by atoms with Crippen molar-refractivity contribution in [2.45, 2.75) is 44.6 Å². The molecule has 5 atom stereocenters. The monoisotopic (exact) mass is 225 g/mol. The van der Waals surface area contributed by atoms with Gasteiger partial charge in [-0.1, -0.05) is 0 Å². The van der Waals surface area contributed by atoms with E-state index in [4.69, 9.17) is 9.47 Å². The highest BCUT2D eigenvalue weighted by Gasteiger charge is 2.65. The number of ether oxygens (including phenoxy) is 2. The Morgan fingerprint density at radius 1 is 1.06 bits per heavy atom. The second-order valence-corrected chi connectivity index (χ2v) is 5.81. The van der Waals surface area contributed by atoms with Crippen molar-refractivity contribution in [3.05, 3.63) is 0 Å². The Kier molecular flexibility index (Phi) is 2.73. The van der Waals surface area contributed by atoms with E-state index in [0.29, 0.717) is 6.04 Å². The molecule has 3 aliphatic rings. The van der Waals surface area contributed by atoms with Crippen molar-refractivity contribution >= 4 is 0 Å². The van der Waals surface area contributed by atoms with Gasteiger partial charge in [0.15, 0.2) is 6.29 Å². The third-order valence-corrected chi connectivity index (χ3v) is 5.06. The maximum Gasteiger partial charge on any atom is 0.171 e. The topological polar surface area (TPSA) is 30.5 Å². The molecular weight excluding hydrogens is 202 g/mol. The number of methoxy groups -OCH3 is 2. The lowest BCUT2D eigenvalue weighted by Crippen LogP contribution is -2.42. The predicted molar refractivity (Wildman–Crippen MR) is 62.0 cm³/mol. The van der Waals surface area contributed by atoms with Crippen LogP contribution in [0.2, 0.25) is 0 Å². The Hall–Kier alpha value is -0.120. The molecule has 3 saturated carbocycles. The lowest BCUT2D eigenvalue weighted by molar-refractivity contribution is -0.120. The summed E-state index contributed by atoms with van der Waals surface area (Å²) in [6.45, 7) is 2.16. The molecule has 0 saturated heterocycles. The van der Waals surface area contributed by atoms with Crippen LogP contribution in [0.25, 0.3) is 0 Å². The van der Waals surface area contributed by atoms with Crippen molar-refractivity contribution in [3.8, 4) is 0 Å². The molecule has 3 heteroatoms. The molecule has 0 aromatic carbocycles. The van der Waals surface area contributed by atoms with E-state index in [9.17, 15) is 0 Å². The molecule has 3 aliphatic carbocycles. The molecule has 0 aliphatic heterocycles. The minimum absolute atomic E-state index is 0.112. The van der Waals surface area contributed by atoms with Crippen molar-refractivity contribution in [2.24, 2.45) is 23.7 Å². The summed E-state index contributed by atoms with van der Waals surface area (Å²) in [6, 6.07) is 1.05. The molecule has 0 amide bonds. The second-order valence-electron chi connectivity index (χ2n) is 5.81. The van der Waals surface area contributed by atoms with E-state index >= 15 is 0 Å². The highest BCUT2D eigenvalue weighted by Crippen LogP contribution is 2.65. The van der Waals surface area contributed by atoms with Crippen LogP contribution >= 0.6 is 0 Å². The third-order valence-electron chi connectivity index (χ3n) is 5.06. The molecule has 0 aromatic rings. The van der Waals surface area contributed by atoms with E-state index in [1.165, 1.54) is 19.3 Å². The molecule has 3 rings (SSSR count). The Bertz CT molecular complexity index is 251. The summed E-state index contributed by atoms with van der Waals surface area (Å²) < 4.78 is 10.6. The van der Waals surface area contributed by atoms with Crippen LogP contribution in [0.1, 0.15) is 26.2 Å². The number of hydrogen-bond donors (Lipinski definition) is 1. The van der Waals surface area contributed by atoms with Gasteiger partial charge in [-0.25, -0.2) is 0 Å². The van der Waals surface area contributed by atoms with Gasteiger partial charge in [-0.15, -0.1) is 0 Å². The van der Waals surface area contributed by atoms with Crippen LogP contribution in [0.5, 0.6) is 0 Å². The highest BCUT2D eigenvalue weighted by atomic mass is 16.7. The first-order chi connectivity index (χ1) is 7.76. The van der Waals surface area contributed by atoms with E-state index in [1.807, 2.05) is 0 Å². The fourth-order valence-corrected chi connectivity index (χ4v) is 4.43. The fraction of sp³-hybridized carbons (Fsp3) is 1.00. The summed E-state index contributed by atoms with van der Waals surface area (Å²) in [5.41, 5.74) is 0. The molecule has 5 unspecified atom stereocenters. The summed E-state index contributed by atoms with van der Waals surface area (Å²) in [5.74, 6) is 4.03. The van der Waals surface area contributed by atoms with E-state index in [1.54, 1.807) is 14.2 Å². The van der Waals surface area contributed by atoms with Gasteiger partial charge in [-0.3, -0.25) is 0 Å². The third kappa shape index (κ3) is 1.52. The van der Waals surface area contributed by atoms with Crippen LogP contribution in [0.3, 0.4) is 0 Å². The second kappa shape index (κ2) is 3.97. The van der Waals surface area contributed by atoms with Crippen LogP contribution in [0, 0.1) is 23.7 Å². The highest BCUT2D eigenvalue weighted by molar-refractivity contribution is 5.17. The minimum Gasteiger partial charge on any atom is -0.354 e. The van der Waals surface area contributed by atoms with Crippen molar-refractivity contribution in [1.82, 2.24) is 5.32 Å². The fourth-order valence-electron chi connectivity index (χ4n) is 4.43. The quantitative estimate of drug-likeness (QED) is 0.721. The molecule has 0 heterocycles. The van der Waals surface area contributed by atoms with Gasteiger partial charge in [0.2, 0.25) is 0 Å². The van der Waals surface area contributed by atoms with Gasteiger partial charge in [-0.05, 0) is 49.9 Å². The van der Waals surface area contributed by atoms with Gasteiger partial charge in [0.1, 0.15) is 0 Å². The Labute approximate surface area is 97.9 Å². The number of hydrogen-bond acceptors (Lipinski definition) is 3. The van der Waals surface area contributed by atoms with Crippen LogP contribution in [0.4, 0.5) is 0 Å². The zero-order valence-corrected chi connectivity index (χ0v) is 10.5. The molecule has 2 bridgehead atoms. The lowest BCUT2D eigenvalue weighted by atomic mass is 10.0. The number of nitrogens with one attached hydrogen (secondary N) is 1. The Morgan fingerprint density at radius 2 is 1.62 bits per heavy atom. The number of fused-ring (bicyclic) bond motifs is 5. The minimum atomic E-state index is -0.112. The Balaban J connectivity index is 1.54. The molecule has 16 heavy (non-hydrogen) atoms. The smallest absolute Gasteiger partial charge is 0.171 e. The number of rotatable bonds is 5. The van der Waals surface area contributed by atoms with Crippen LogP contribution in [-0.2, 0) is 9.47 Å². The predicted octanol–water partition coefficient (Wildman–Crippen LogP) is 1.63. The lowest BCUT2D eigenvalue weighted by Gasteiger charge is -2.23. The van der Waals surface area contributed by atoms with Crippen molar-refractivity contribution < 1.29 is 9.47 Å². The van der Waals surface area contributed by atoms with Crippen molar-refractivity contribution in [2.75, 3.05) is 14.2 Å². The van der Waals surface area contributed by atoms with Gasteiger partial charge in [0, 0.05) is 20.3 Å². The normalized spacial score (nSPS) is 46.1. The zero-order valence-electron chi connectivity index (χ0n) is 10.5. The first kappa shape index (κ1) is 11.0. The maximum atomic E-state index is 5.30. The molecule has 0 radical (unpaired) electrons. The maximum absolute atomic E-state index is 5.30. The molecule has 1 N–H and O–H groups in total. The van der Waals surface area contributed by atoms with E-state index in [2.05, 4.69) is 12.2 Å². The van der Waals surface area contributed by atoms with Gasteiger partial charge in [-0.2, -0.15) is 0 Å². The van der Waals surface area contributed by atoms with Crippen molar-refractivity contribution in [1.29, 1.82) is 0 Å². The van der Waals surface area contributed by atoms with Crippen LogP contribution in [0.15, 0.2) is 0 Å². The first-order valence-electron chi connectivity index (χ1n) is 6.58. The summed E-state index contributed by atoms with van der Waals surface area (Å²) in [4.78, 5) is 0. The van der Waals surface area contributed by atoms with E-state index in [0.717, 1.165) is 29.7 Å². The SMILES string of the molecule is COC(OC)C(C)NC1C2C3CCC(C3)C12. The molecule has 0 aromatic heterocycles. The van der Waals surface area contributed by atoms with E-state index < -0.39 is 0 Å². The molecule has 0 spiro atoms. The summed E-state index contributed by atoms with van der Waals surface area (Å²) in [7, 11) is 3.42. The van der Waals surface area contributed by atoms with Gasteiger partial charge in [0.25, 0.3) is 0 Å². The molecule has 3 nitrogen and oxygen atoms in total. The average Bonchev–Trinajstić information content (AvgIpc) is 2.71. The van der Waals surface area contributed by atoms with Crippen LogP contribution < -0.4 is 5.32 Å². The first-order valence-corrected chi connectivity index (χ1v) is 6.58. The molecule has 92 valence electrons. The van der Waals surface area contributed by atoms with E-state index in [-0.39, 0.29) is 6.29 Å². The largest absolute Gasteiger partial charge is 0.354 e. The van der Waals surface area contributed by atoms with Crippen LogP contribution in [-0.4, -0.2) is 32.6 Å². The average molecular weight is 225 g/mol. The van der Waals surface area contributed by atoms with Crippen molar-refractivity contribution in [3.63, 3.8) is 0 Å². The van der Waals surface area contributed by atoms with Gasteiger partial charge in [0.05, 0.1) is 6.04 Å². The summed E-state index contributed by atoms with van der Waals surface area (Å²) in [6.07, 6.45) is 4.37. The standard InChI is InChI=1S/C13H23NO2/c1-7(13(15-2)16-3)14-12-10-8-4-5-9(6-8)11(10)12/h7-14H,4-6H2,1-3H3. The van der Waals surface area contributed by atoms with Gasteiger partial charge < -0.3 is 14.8 Å².